The molecule has 6 nitrogen and oxygen atoms in total. The van der Waals surface area contributed by atoms with Crippen molar-refractivity contribution in [3.63, 3.8) is 0 Å². The van der Waals surface area contributed by atoms with Gasteiger partial charge in [0.25, 0.3) is 0 Å². The summed E-state index contributed by atoms with van der Waals surface area (Å²) in [7, 11) is -3.42. The molecule has 0 aliphatic carbocycles. The van der Waals surface area contributed by atoms with Crippen LogP contribution in [0.15, 0.2) is 21.7 Å². The quantitative estimate of drug-likeness (QED) is 0.797. The van der Waals surface area contributed by atoms with Gasteiger partial charge in [-0.3, -0.25) is 0 Å². The minimum Gasteiger partial charge on any atom is -0.336 e. The lowest BCUT2D eigenvalue weighted by Crippen LogP contribution is -2.36. The maximum atomic E-state index is 11.7. The third-order valence-electron chi connectivity index (χ3n) is 2.42. The van der Waals surface area contributed by atoms with Crippen molar-refractivity contribution in [1.29, 1.82) is 0 Å². The topological polar surface area (TPSA) is 78.5 Å². The van der Waals surface area contributed by atoms with Crippen LogP contribution in [-0.4, -0.2) is 45.5 Å². The second kappa shape index (κ2) is 5.03. The fraction of sp³-hybridized carbons (Fsp3) is 0.444. The number of sulfonamides is 1. The van der Waals surface area contributed by atoms with Gasteiger partial charge in [-0.1, -0.05) is 0 Å². The van der Waals surface area contributed by atoms with E-state index in [1.807, 2.05) is 0 Å². The Morgan fingerprint density at radius 1 is 1.53 bits per heavy atom. The average molecular weight is 275 g/mol. The Morgan fingerprint density at radius 3 is 2.94 bits per heavy atom. The Morgan fingerprint density at radius 2 is 2.35 bits per heavy atom. The number of carbonyl (C=O) groups excluding carboxylic acids is 1. The van der Waals surface area contributed by atoms with E-state index in [2.05, 4.69) is 10.0 Å². The molecule has 1 saturated heterocycles. The van der Waals surface area contributed by atoms with Crippen LogP contribution >= 0.6 is 11.3 Å². The van der Waals surface area contributed by atoms with E-state index in [0.717, 1.165) is 0 Å². The van der Waals surface area contributed by atoms with Crippen molar-refractivity contribution in [2.75, 3.05) is 26.2 Å². The van der Waals surface area contributed by atoms with Crippen molar-refractivity contribution in [3.05, 3.63) is 16.8 Å². The number of nitrogens with zero attached hydrogens (tertiary/aromatic N) is 1. The van der Waals surface area contributed by atoms with Gasteiger partial charge >= 0.3 is 6.03 Å². The van der Waals surface area contributed by atoms with E-state index in [4.69, 9.17) is 0 Å². The highest BCUT2D eigenvalue weighted by molar-refractivity contribution is 7.89. The molecule has 17 heavy (non-hydrogen) atoms. The number of amides is 2. The van der Waals surface area contributed by atoms with E-state index in [0.29, 0.717) is 19.6 Å². The van der Waals surface area contributed by atoms with Crippen LogP contribution in [0.1, 0.15) is 0 Å². The molecule has 1 aliphatic rings. The van der Waals surface area contributed by atoms with Gasteiger partial charge in [0.1, 0.15) is 0 Å². The normalized spacial score (nSPS) is 16.2. The van der Waals surface area contributed by atoms with E-state index >= 15 is 0 Å². The summed E-state index contributed by atoms with van der Waals surface area (Å²) in [4.78, 5) is 13.0. The number of hydrogen-bond acceptors (Lipinski definition) is 4. The molecule has 8 heteroatoms. The van der Waals surface area contributed by atoms with E-state index in [9.17, 15) is 13.2 Å². The van der Waals surface area contributed by atoms with Crippen LogP contribution in [0.2, 0.25) is 0 Å². The lowest BCUT2D eigenvalue weighted by atomic mass is 10.5. The van der Waals surface area contributed by atoms with Crippen LogP contribution < -0.4 is 10.0 Å². The molecular weight excluding hydrogens is 262 g/mol. The van der Waals surface area contributed by atoms with Crippen molar-refractivity contribution < 1.29 is 13.2 Å². The highest BCUT2D eigenvalue weighted by Gasteiger charge is 2.20. The van der Waals surface area contributed by atoms with Crippen molar-refractivity contribution in [3.8, 4) is 0 Å². The number of carbonyl (C=O) groups is 1. The molecule has 1 fully saturated rings. The van der Waals surface area contributed by atoms with E-state index < -0.39 is 10.0 Å². The summed E-state index contributed by atoms with van der Waals surface area (Å²) in [6, 6.07) is 1.41. The summed E-state index contributed by atoms with van der Waals surface area (Å²) in [5, 5.41) is 5.94. The molecule has 2 N–H and O–H groups in total. The van der Waals surface area contributed by atoms with Gasteiger partial charge in [0, 0.05) is 31.6 Å². The van der Waals surface area contributed by atoms with Crippen molar-refractivity contribution in [2.45, 2.75) is 4.90 Å². The zero-order chi connectivity index (χ0) is 12.3. The van der Waals surface area contributed by atoms with E-state index in [1.54, 1.807) is 21.7 Å². The Bertz CT molecular complexity index is 484. The Balaban J connectivity index is 1.84. The molecular formula is C9H13N3O3S2. The van der Waals surface area contributed by atoms with Crippen LogP contribution in [0.25, 0.3) is 0 Å². The lowest BCUT2D eigenvalue weighted by Gasteiger charge is -2.14. The van der Waals surface area contributed by atoms with Gasteiger partial charge in [-0.2, -0.15) is 11.3 Å². The SMILES string of the molecule is O=C1NCCN1CCNS(=O)(=O)c1ccsc1. The highest BCUT2D eigenvalue weighted by Crippen LogP contribution is 2.12. The van der Waals surface area contributed by atoms with Gasteiger partial charge in [-0.05, 0) is 11.4 Å². The zero-order valence-corrected chi connectivity index (χ0v) is 10.7. The molecule has 1 aliphatic heterocycles. The van der Waals surface area contributed by atoms with Gasteiger partial charge in [0.15, 0.2) is 0 Å². The van der Waals surface area contributed by atoms with Gasteiger partial charge in [0.05, 0.1) is 4.90 Å². The molecule has 2 heterocycles. The largest absolute Gasteiger partial charge is 0.336 e. The minimum absolute atomic E-state index is 0.139. The number of urea groups is 1. The number of thiophene rings is 1. The predicted octanol–water partition coefficient (Wildman–Crippen LogP) is 0.0516. The first-order valence-corrected chi connectivity index (χ1v) is 7.57. The monoisotopic (exact) mass is 275 g/mol. The molecule has 0 atom stereocenters. The summed E-state index contributed by atoms with van der Waals surface area (Å²) in [6.07, 6.45) is 0. The summed E-state index contributed by atoms with van der Waals surface area (Å²) >= 11 is 1.33. The number of rotatable bonds is 5. The zero-order valence-electron chi connectivity index (χ0n) is 9.05. The second-order valence-electron chi connectivity index (χ2n) is 3.58. The summed E-state index contributed by atoms with van der Waals surface area (Å²) in [5.41, 5.74) is 0. The first-order chi connectivity index (χ1) is 8.09. The number of hydrogen-bond donors (Lipinski definition) is 2. The van der Waals surface area contributed by atoms with Crippen molar-refractivity contribution in [2.24, 2.45) is 0 Å². The first kappa shape index (κ1) is 12.3. The summed E-state index contributed by atoms with van der Waals surface area (Å²) in [5.74, 6) is 0. The van der Waals surface area contributed by atoms with Crippen LogP contribution in [0.3, 0.4) is 0 Å². The molecule has 2 amide bonds. The molecule has 0 unspecified atom stereocenters. The number of nitrogens with one attached hydrogen (secondary N) is 2. The maximum absolute atomic E-state index is 11.7. The molecule has 0 spiro atoms. The fourth-order valence-corrected chi connectivity index (χ4v) is 3.58. The molecule has 0 radical (unpaired) electrons. The van der Waals surface area contributed by atoms with Crippen molar-refractivity contribution >= 4 is 27.4 Å². The molecule has 0 saturated carbocycles. The molecule has 94 valence electrons. The van der Waals surface area contributed by atoms with Gasteiger partial charge in [0.2, 0.25) is 10.0 Å². The molecule has 2 rings (SSSR count). The predicted molar refractivity (Wildman–Crippen MR) is 64.5 cm³/mol. The fourth-order valence-electron chi connectivity index (χ4n) is 1.53. The standard InChI is InChI=1S/C9H13N3O3S2/c13-9-10-2-4-12(9)5-3-11-17(14,15)8-1-6-16-7-8/h1,6-7,11H,2-5H2,(H,10,13). The van der Waals surface area contributed by atoms with Crippen LogP contribution in [-0.2, 0) is 10.0 Å². The third kappa shape index (κ3) is 2.96. The van der Waals surface area contributed by atoms with Crippen LogP contribution in [0.4, 0.5) is 4.79 Å². The van der Waals surface area contributed by atoms with Gasteiger partial charge in [-0.15, -0.1) is 0 Å². The van der Waals surface area contributed by atoms with Gasteiger partial charge in [-0.25, -0.2) is 17.9 Å². The Hall–Kier alpha value is -1.12. The van der Waals surface area contributed by atoms with Crippen LogP contribution in [0, 0.1) is 0 Å². The average Bonchev–Trinajstić information content (AvgIpc) is 2.90. The smallest absolute Gasteiger partial charge is 0.317 e. The van der Waals surface area contributed by atoms with Crippen LogP contribution in [0.5, 0.6) is 0 Å². The Kier molecular flexibility index (Phi) is 3.65. The van der Waals surface area contributed by atoms with E-state index in [1.165, 1.54) is 11.3 Å². The van der Waals surface area contributed by atoms with E-state index in [-0.39, 0.29) is 17.5 Å². The molecule has 0 bridgehead atoms. The molecule has 1 aromatic rings. The first-order valence-electron chi connectivity index (χ1n) is 5.14. The maximum Gasteiger partial charge on any atom is 0.317 e. The van der Waals surface area contributed by atoms with Gasteiger partial charge < -0.3 is 10.2 Å². The highest BCUT2D eigenvalue weighted by atomic mass is 32.2. The third-order valence-corrected chi connectivity index (χ3v) is 4.72. The van der Waals surface area contributed by atoms with Crippen molar-refractivity contribution in [1.82, 2.24) is 14.9 Å². The Labute approximate surface area is 104 Å². The summed E-state index contributed by atoms with van der Waals surface area (Å²) in [6.45, 7) is 1.86. The second-order valence-corrected chi connectivity index (χ2v) is 6.12. The molecule has 1 aromatic heterocycles. The summed E-state index contributed by atoms with van der Waals surface area (Å²) < 4.78 is 25.9. The molecule has 0 aromatic carbocycles. The lowest BCUT2D eigenvalue weighted by molar-refractivity contribution is 0.218. The minimum atomic E-state index is -3.42.